The van der Waals surface area contributed by atoms with E-state index in [4.69, 9.17) is 0 Å². The van der Waals surface area contributed by atoms with Crippen molar-refractivity contribution in [2.75, 3.05) is 0 Å². The molecule has 30 heavy (non-hydrogen) atoms. The number of unbranched alkanes of at least 4 members (excludes halogenated alkanes) is 8. The van der Waals surface area contributed by atoms with Crippen molar-refractivity contribution in [1.82, 2.24) is 0 Å². The first-order valence-corrected chi connectivity index (χ1v) is 13.4. The second kappa shape index (κ2) is 21.4. The monoisotopic (exact) mass is 422 g/mol. The highest BCUT2D eigenvalue weighted by molar-refractivity contribution is 5.69. The molecule has 0 bridgehead atoms. The standard InChI is InChI=1S/C28H54O2/c1-5-8-10-11-12-13-14-15-16-17-18-20-25(4)22-23-27(28(29)30)24-26(19-7-3)21-9-6-2/h15-16,25-27H,5-14,17-24H2,1-4H3,(H,29,30)/b16-15-. The van der Waals surface area contributed by atoms with Crippen LogP contribution in [0.5, 0.6) is 0 Å². The van der Waals surface area contributed by atoms with Crippen LogP contribution in [0, 0.1) is 17.8 Å². The van der Waals surface area contributed by atoms with Crippen LogP contribution in [0.4, 0.5) is 0 Å². The fourth-order valence-corrected chi connectivity index (χ4v) is 4.52. The van der Waals surface area contributed by atoms with E-state index in [1.165, 1.54) is 96.3 Å². The molecule has 0 rings (SSSR count). The lowest BCUT2D eigenvalue weighted by Gasteiger charge is -2.22. The Balaban J connectivity index is 3.95. The molecule has 0 spiro atoms. The number of hydrogen-bond acceptors (Lipinski definition) is 1. The number of allylic oxidation sites excluding steroid dienone is 2. The molecule has 178 valence electrons. The maximum Gasteiger partial charge on any atom is 0.306 e. The van der Waals surface area contributed by atoms with E-state index >= 15 is 0 Å². The van der Waals surface area contributed by atoms with Crippen LogP contribution in [0.1, 0.15) is 143 Å². The molecule has 0 aromatic carbocycles. The van der Waals surface area contributed by atoms with Crippen LogP contribution in [-0.4, -0.2) is 11.1 Å². The van der Waals surface area contributed by atoms with Crippen molar-refractivity contribution < 1.29 is 9.90 Å². The molecule has 3 unspecified atom stereocenters. The zero-order valence-electron chi connectivity index (χ0n) is 21.0. The van der Waals surface area contributed by atoms with Crippen LogP contribution in [0.3, 0.4) is 0 Å². The van der Waals surface area contributed by atoms with E-state index in [0.717, 1.165) is 19.3 Å². The predicted octanol–water partition coefficient (Wildman–Crippen LogP) is 9.58. The Morgan fingerprint density at radius 2 is 1.33 bits per heavy atom. The van der Waals surface area contributed by atoms with Crippen LogP contribution in [0.25, 0.3) is 0 Å². The van der Waals surface area contributed by atoms with Gasteiger partial charge in [0.1, 0.15) is 0 Å². The van der Waals surface area contributed by atoms with Crippen molar-refractivity contribution in [3.8, 4) is 0 Å². The van der Waals surface area contributed by atoms with Gasteiger partial charge in [-0.3, -0.25) is 4.79 Å². The van der Waals surface area contributed by atoms with Gasteiger partial charge in [0.05, 0.1) is 5.92 Å². The first-order valence-electron chi connectivity index (χ1n) is 13.4. The average molecular weight is 423 g/mol. The van der Waals surface area contributed by atoms with Gasteiger partial charge in [-0.05, 0) is 56.8 Å². The Labute approximate surface area is 189 Å². The summed E-state index contributed by atoms with van der Waals surface area (Å²) in [7, 11) is 0. The normalized spacial score (nSPS) is 14.8. The molecule has 0 fully saturated rings. The second-order valence-corrected chi connectivity index (χ2v) is 9.71. The molecule has 0 amide bonds. The van der Waals surface area contributed by atoms with Gasteiger partial charge in [0, 0.05) is 0 Å². The fourth-order valence-electron chi connectivity index (χ4n) is 4.52. The minimum absolute atomic E-state index is 0.141. The summed E-state index contributed by atoms with van der Waals surface area (Å²) in [4.78, 5) is 11.8. The van der Waals surface area contributed by atoms with Crippen molar-refractivity contribution in [1.29, 1.82) is 0 Å². The van der Waals surface area contributed by atoms with Gasteiger partial charge in [-0.25, -0.2) is 0 Å². The summed E-state index contributed by atoms with van der Waals surface area (Å²) >= 11 is 0. The molecule has 0 aromatic rings. The molecule has 0 saturated carbocycles. The molecule has 0 saturated heterocycles. The van der Waals surface area contributed by atoms with E-state index in [1.54, 1.807) is 0 Å². The van der Waals surface area contributed by atoms with E-state index in [2.05, 4.69) is 39.8 Å². The van der Waals surface area contributed by atoms with Gasteiger partial charge in [0.2, 0.25) is 0 Å². The van der Waals surface area contributed by atoms with E-state index in [9.17, 15) is 9.90 Å². The minimum Gasteiger partial charge on any atom is -0.481 e. The lowest BCUT2D eigenvalue weighted by atomic mass is 9.83. The maximum atomic E-state index is 11.8. The van der Waals surface area contributed by atoms with E-state index < -0.39 is 5.97 Å². The lowest BCUT2D eigenvalue weighted by molar-refractivity contribution is -0.142. The Bertz CT molecular complexity index is 401. The number of carboxylic acids is 1. The third-order valence-electron chi connectivity index (χ3n) is 6.60. The van der Waals surface area contributed by atoms with Crippen molar-refractivity contribution in [2.45, 2.75) is 143 Å². The number of carbonyl (C=O) groups is 1. The molecule has 0 heterocycles. The van der Waals surface area contributed by atoms with Crippen molar-refractivity contribution in [2.24, 2.45) is 17.8 Å². The molecular weight excluding hydrogens is 368 g/mol. The van der Waals surface area contributed by atoms with E-state index in [0.29, 0.717) is 11.8 Å². The number of rotatable bonds is 22. The van der Waals surface area contributed by atoms with Crippen molar-refractivity contribution in [3.63, 3.8) is 0 Å². The lowest BCUT2D eigenvalue weighted by Crippen LogP contribution is -2.19. The van der Waals surface area contributed by atoms with Gasteiger partial charge >= 0.3 is 5.97 Å². The summed E-state index contributed by atoms with van der Waals surface area (Å²) in [6, 6.07) is 0. The first kappa shape index (κ1) is 29.2. The third kappa shape index (κ3) is 18.0. The molecule has 2 nitrogen and oxygen atoms in total. The highest BCUT2D eigenvalue weighted by Crippen LogP contribution is 2.28. The van der Waals surface area contributed by atoms with Crippen LogP contribution in [0.2, 0.25) is 0 Å². The quantitative estimate of drug-likeness (QED) is 0.139. The molecule has 0 aliphatic rings. The largest absolute Gasteiger partial charge is 0.481 e. The van der Waals surface area contributed by atoms with Crippen LogP contribution >= 0.6 is 0 Å². The number of hydrogen-bond donors (Lipinski definition) is 1. The Morgan fingerprint density at radius 1 is 0.700 bits per heavy atom. The number of carboxylic acid groups (broad SMARTS) is 1. The Hall–Kier alpha value is -0.790. The molecule has 3 atom stereocenters. The van der Waals surface area contributed by atoms with Gasteiger partial charge in [-0.1, -0.05) is 110 Å². The van der Waals surface area contributed by atoms with Crippen molar-refractivity contribution >= 4 is 5.97 Å². The minimum atomic E-state index is -0.572. The first-order chi connectivity index (χ1) is 14.5. The van der Waals surface area contributed by atoms with Crippen LogP contribution < -0.4 is 0 Å². The summed E-state index contributed by atoms with van der Waals surface area (Å²) in [6.45, 7) is 9.02. The van der Waals surface area contributed by atoms with Gasteiger partial charge in [-0.2, -0.15) is 0 Å². The maximum absolute atomic E-state index is 11.8. The summed E-state index contributed by atoms with van der Waals surface area (Å²) in [5, 5.41) is 9.70. The zero-order chi connectivity index (χ0) is 22.5. The molecule has 2 heteroatoms. The molecule has 0 radical (unpaired) electrons. The van der Waals surface area contributed by atoms with Crippen LogP contribution in [0.15, 0.2) is 12.2 Å². The van der Waals surface area contributed by atoms with E-state index in [1.807, 2.05) is 0 Å². The summed E-state index contributed by atoms with van der Waals surface area (Å²) in [5.74, 6) is 0.526. The topological polar surface area (TPSA) is 37.3 Å². The Morgan fingerprint density at radius 3 is 1.97 bits per heavy atom. The highest BCUT2D eigenvalue weighted by atomic mass is 16.4. The van der Waals surface area contributed by atoms with Gasteiger partial charge in [-0.15, -0.1) is 0 Å². The van der Waals surface area contributed by atoms with Crippen LogP contribution in [-0.2, 0) is 4.79 Å². The SMILES string of the molecule is CCCCCCCC/C=C\CCCC(C)CCC(CC(CCC)CCCC)C(=O)O. The molecule has 1 N–H and O–H groups in total. The van der Waals surface area contributed by atoms with Gasteiger partial charge in [0.25, 0.3) is 0 Å². The molecular formula is C28H54O2. The van der Waals surface area contributed by atoms with E-state index in [-0.39, 0.29) is 5.92 Å². The van der Waals surface area contributed by atoms with Crippen molar-refractivity contribution in [3.05, 3.63) is 12.2 Å². The summed E-state index contributed by atoms with van der Waals surface area (Å²) < 4.78 is 0. The average Bonchev–Trinajstić information content (AvgIpc) is 2.72. The zero-order valence-corrected chi connectivity index (χ0v) is 21.0. The smallest absolute Gasteiger partial charge is 0.306 e. The molecule has 0 aliphatic heterocycles. The number of aliphatic carboxylic acids is 1. The summed E-state index contributed by atoms with van der Waals surface area (Å²) in [6.07, 6.45) is 26.6. The molecule has 0 aromatic heterocycles. The summed E-state index contributed by atoms with van der Waals surface area (Å²) in [5.41, 5.74) is 0. The van der Waals surface area contributed by atoms with Gasteiger partial charge in [0.15, 0.2) is 0 Å². The third-order valence-corrected chi connectivity index (χ3v) is 6.60. The van der Waals surface area contributed by atoms with Gasteiger partial charge < -0.3 is 5.11 Å². The fraction of sp³-hybridized carbons (Fsp3) is 0.893. The highest BCUT2D eigenvalue weighted by Gasteiger charge is 2.22. The second-order valence-electron chi connectivity index (χ2n) is 9.71. The Kier molecular flexibility index (Phi) is 20.9. The predicted molar refractivity (Wildman–Crippen MR) is 133 cm³/mol. The molecule has 0 aliphatic carbocycles.